The van der Waals surface area contributed by atoms with Crippen molar-refractivity contribution in [3.63, 3.8) is 0 Å². The molecule has 0 spiro atoms. The fourth-order valence-corrected chi connectivity index (χ4v) is 4.08. The molecule has 0 radical (unpaired) electrons. The summed E-state index contributed by atoms with van der Waals surface area (Å²) in [6, 6.07) is 12.8. The van der Waals surface area contributed by atoms with E-state index < -0.39 is 11.8 Å². The van der Waals surface area contributed by atoms with Crippen LogP contribution in [-0.2, 0) is 11.3 Å². The normalized spacial score (nSPS) is 16.7. The number of anilines is 1. The van der Waals surface area contributed by atoms with Gasteiger partial charge in [-0.3, -0.25) is 4.90 Å². The second-order valence-electron chi connectivity index (χ2n) is 8.22. The summed E-state index contributed by atoms with van der Waals surface area (Å²) in [7, 11) is 0. The van der Waals surface area contributed by atoms with Crippen molar-refractivity contribution in [1.82, 2.24) is 4.90 Å². The van der Waals surface area contributed by atoms with E-state index in [-0.39, 0.29) is 6.04 Å². The third kappa shape index (κ3) is 5.22. The fourth-order valence-electron chi connectivity index (χ4n) is 3.97. The Labute approximate surface area is 177 Å². The van der Waals surface area contributed by atoms with Crippen LogP contribution < -0.4 is 5.32 Å². The maximum Gasteiger partial charge on any atom is 0.506 e. The number of benzene rings is 2. The van der Waals surface area contributed by atoms with E-state index in [1.54, 1.807) is 0 Å². The molecule has 0 aromatic heterocycles. The van der Waals surface area contributed by atoms with Gasteiger partial charge in [0.2, 0.25) is 0 Å². The summed E-state index contributed by atoms with van der Waals surface area (Å²) in [5.74, 6) is 0. The third-order valence-corrected chi connectivity index (χ3v) is 5.95. The van der Waals surface area contributed by atoms with Crippen molar-refractivity contribution in [1.29, 1.82) is 0 Å². The van der Waals surface area contributed by atoms with Gasteiger partial charge in [-0.15, -0.1) is 0 Å². The van der Waals surface area contributed by atoms with Crippen molar-refractivity contribution in [2.75, 3.05) is 18.4 Å². The molecule has 1 fully saturated rings. The van der Waals surface area contributed by atoms with Gasteiger partial charge in [0.25, 0.3) is 0 Å². The van der Waals surface area contributed by atoms with Gasteiger partial charge in [-0.25, -0.2) is 4.79 Å². The van der Waals surface area contributed by atoms with Crippen LogP contribution in [-0.4, -0.2) is 34.9 Å². The molecule has 1 aliphatic rings. The maximum atomic E-state index is 10.8. The summed E-state index contributed by atoms with van der Waals surface area (Å²) < 4.78 is 4.98. The van der Waals surface area contributed by atoms with Gasteiger partial charge in [0.05, 0.1) is 6.04 Å². The Bertz CT molecular complexity index is 894. The Balaban J connectivity index is 1.68. The number of aryl methyl sites for hydroxylation is 2. The van der Waals surface area contributed by atoms with E-state index >= 15 is 0 Å². The number of likely N-dealkylation sites (tertiary alicyclic amines) is 1. The van der Waals surface area contributed by atoms with Gasteiger partial charge < -0.3 is 15.2 Å². The quantitative estimate of drug-likeness (QED) is 0.559. The molecule has 5 nitrogen and oxygen atoms in total. The third-order valence-electron chi connectivity index (χ3n) is 5.53. The van der Waals surface area contributed by atoms with Crippen molar-refractivity contribution >= 4 is 23.4 Å². The second-order valence-corrected chi connectivity index (χ2v) is 8.63. The van der Waals surface area contributed by atoms with Crippen LogP contribution in [0.3, 0.4) is 0 Å². The molecule has 0 saturated carbocycles. The minimum absolute atomic E-state index is 0.206. The zero-order valence-electron chi connectivity index (χ0n) is 17.5. The van der Waals surface area contributed by atoms with Crippen LogP contribution in [0.5, 0.6) is 0 Å². The Hall–Kier alpha value is -2.24. The van der Waals surface area contributed by atoms with Crippen molar-refractivity contribution in [3.05, 3.63) is 63.7 Å². The topological polar surface area (TPSA) is 61.8 Å². The highest BCUT2D eigenvalue weighted by Crippen LogP contribution is 2.30. The van der Waals surface area contributed by atoms with E-state index in [9.17, 15) is 4.79 Å². The Morgan fingerprint density at radius 2 is 1.97 bits per heavy atom. The molecule has 156 valence electrons. The molecule has 29 heavy (non-hydrogen) atoms. The van der Waals surface area contributed by atoms with E-state index in [2.05, 4.69) is 54.4 Å². The summed E-state index contributed by atoms with van der Waals surface area (Å²) in [6.45, 7) is 10.1. The molecule has 0 unspecified atom stereocenters. The highest BCUT2D eigenvalue weighted by Gasteiger charge is 2.42. The number of hydrogen-bond donors (Lipinski definition) is 2. The first-order valence-corrected chi connectivity index (χ1v) is 10.3. The molecular formula is C23H29ClN2O3. The van der Waals surface area contributed by atoms with Gasteiger partial charge in [0.1, 0.15) is 5.60 Å². The van der Waals surface area contributed by atoms with E-state index in [1.165, 1.54) is 16.7 Å². The first-order valence-electron chi connectivity index (χ1n) is 9.95. The van der Waals surface area contributed by atoms with E-state index in [0.29, 0.717) is 13.1 Å². The lowest BCUT2D eigenvalue weighted by Gasteiger charge is -2.46. The zero-order valence-corrected chi connectivity index (χ0v) is 18.2. The van der Waals surface area contributed by atoms with Crippen LogP contribution in [0.2, 0.25) is 5.02 Å². The summed E-state index contributed by atoms with van der Waals surface area (Å²) in [4.78, 5) is 13.0. The summed E-state index contributed by atoms with van der Waals surface area (Å²) in [6.07, 6.45) is -0.251. The molecule has 2 N–H and O–H groups in total. The maximum absolute atomic E-state index is 10.8. The van der Waals surface area contributed by atoms with Crippen molar-refractivity contribution in [2.24, 2.45) is 0 Å². The Morgan fingerprint density at radius 1 is 1.24 bits per heavy atom. The number of nitrogens with zero attached hydrogens (tertiary/aromatic N) is 1. The SMILES string of the molecule is CC[C@@H](Nc1ccc(C)c(CN2CC(C)(OC(=O)O)C2)c1)c1ccc(Cl)c(C)c1. The Kier molecular flexibility index (Phi) is 6.39. The molecule has 0 amide bonds. The number of carboxylic acid groups (broad SMARTS) is 1. The average Bonchev–Trinajstić information content (AvgIpc) is 2.62. The molecule has 2 aromatic carbocycles. The fraction of sp³-hybridized carbons (Fsp3) is 0.435. The molecule has 0 bridgehead atoms. The van der Waals surface area contributed by atoms with Crippen molar-refractivity contribution in [2.45, 2.75) is 52.3 Å². The van der Waals surface area contributed by atoms with Crippen LogP contribution in [0.4, 0.5) is 10.5 Å². The molecule has 0 aliphatic carbocycles. The zero-order chi connectivity index (χ0) is 21.2. The van der Waals surface area contributed by atoms with Gasteiger partial charge in [-0.2, -0.15) is 0 Å². The molecule has 6 heteroatoms. The largest absolute Gasteiger partial charge is 0.506 e. The number of carbonyl (C=O) groups is 1. The minimum atomic E-state index is -1.21. The molecular weight excluding hydrogens is 388 g/mol. The first-order chi connectivity index (χ1) is 13.7. The summed E-state index contributed by atoms with van der Waals surface area (Å²) in [5.41, 5.74) is 5.23. The molecule has 2 aromatic rings. The van der Waals surface area contributed by atoms with Crippen LogP contribution in [0.1, 0.15) is 48.6 Å². The Morgan fingerprint density at radius 3 is 2.59 bits per heavy atom. The number of nitrogens with one attached hydrogen (secondary N) is 1. The lowest BCUT2D eigenvalue weighted by Crippen LogP contribution is -2.61. The number of hydrogen-bond acceptors (Lipinski definition) is 4. The van der Waals surface area contributed by atoms with Crippen LogP contribution >= 0.6 is 11.6 Å². The molecule has 1 heterocycles. The first kappa shape index (κ1) is 21.5. The highest BCUT2D eigenvalue weighted by atomic mass is 35.5. The van der Waals surface area contributed by atoms with Gasteiger partial charge in [-0.1, -0.05) is 36.7 Å². The molecule has 1 aliphatic heterocycles. The van der Waals surface area contributed by atoms with Crippen LogP contribution in [0.15, 0.2) is 36.4 Å². The van der Waals surface area contributed by atoms with Gasteiger partial charge in [-0.05, 0) is 67.6 Å². The molecule has 1 atom stereocenters. The number of rotatable bonds is 7. The molecule has 1 saturated heterocycles. The lowest BCUT2D eigenvalue weighted by atomic mass is 9.95. The monoisotopic (exact) mass is 416 g/mol. The van der Waals surface area contributed by atoms with Crippen LogP contribution in [0, 0.1) is 13.8 Å². The van der Waals surface area contributed by atoms with E-state index in [0.717, 1.165) is 29.2 Å². The summed E-state index contributed by atoms with van der Waals surface area (Å²) in [5, 5.41) is 13.3. The highest BCUT2D eigenvalue weighted by molar-refractivity contribution is 6.31. The predicted octanol–water partition coefficient (Wildman–Crippen LogP) is 5.79. The lowest BCUT2D eigenvalue weighted by molar-refractivity contribution is -0.107. The van der Waals surface area contributed by atoms with Gasteiger partial charge >= 0.3 is 6.16 Å². The average molecular weight is 417 g/mol. The van der Waals surface area contributed by atoms with Gasteiger partial charge in [0, 0.05) is 30.3 Å². The summed E-state index contributed by atoms with van der Waals surface area (Å²) >= 11 is 6.18. The minimum Gasteiger partial charge on any atom is -0.450 e. The van der Waals surface area contributed by atoms with Gasteiger partial charge in [0.15, 0.2) is 0 Å². The number of ether oxygens (including phenoxy) is 1. The standard InChI is InChI=1S/C23H29ClN2O3/c1-5-21(17-7-9-20(24)16(3)10-17)25-19-8-6-15(2)18(11-19)12-26-13-23(4,14-26)29-22(27)28/h6-11,21,25H,5,12-14H2,1-4H3,(H,27,28)/t21-/m1/s1. The van der Waals surface area contributed by atoms with Crippen molar-refractivity contribution in [3.8, 4) is 0 Å². The van der Waals surface area contributed by atoms with Crippen molar-refractivity contribution < 1.29 is 14.6 Å². The van der Waals surface area contributed by atoms with Crippen LogP contribution in [0.25, 0.3) is 0 Å². The number of halogens is 1. The predicted molar refractivity (Wildman–Crippen MR) is 117 cm³/mol. The second kappa shape index (κ2) is 8.64. The van der Waals surface area contributed by atoms with E-state index in [4.69, 9.17) is 21.4 Å². The van der Waals surface area contributed by atoms with E-state index in [1.807, 2.05) is 19.9 Å². The molecule has 3 rings (SSSR count). The smallest absolute Gasteiger partial charge is 0.450 e.